The number of rotatable bonds is 11. The molecule has 32 heavy (non-hydrogen) atoms. The molecule has 2 fully saturated rings. The number of nitrogens with zero attached hydrogens (tertiary/aromatic N) is 1. The number of thiophene rings is 1. The van der Waals surface area contributed by atoms with E-state index in [0.29, 0.717) is 19.3 Å². The molecule has 0 spiro atoms. The maximum Gasteiger partial charge on any atom is 0.305 e. The molecule has 174 valence electrons. The Morgan fingerprint density at radius 1 is 1.41 bits per heavy atom. The van der Waals surface area contributed by atoms with Gasteiger partial charge in [-0.05, 0) is 62.3 Å². The van der Waals surface area contributed by atoms with Crippen LogP contribution >= 0.6 is 11.3 Å². The van der Waals surface area contributed by atoms with Crippen LogP contribution in [0.5, 0.6) is 0 Å². The van der Waals surface area contributed by atoms with Crippen molar-refractivity contribution >= 4 is 17.3 Å². The summed E-state index contributed by atoms with van der Waals surface area (Å²) in [6.45, 7) is 0. The quantitative estimate of drug-likeness (QED) is 0.280. The zero-order chi connectivity index (χ0) is 23.0. The molecule has 4 unspecified atom stereocenters. The fourth-order valence-electron chi connectivity index (χ4n) is 5.18. The summed E-state index contributed by atoms with van der Waals surface area (Å²) in [5.41, 5.74) is -0.117. The van der Waals surface area contributed by atoms with E-state index < -0.39 is 12.2 Å². The number of hydrogen-bond donors (Lipinski definition) is 2. The number of nitriles is 1. The van der Waals surface area contributed by atoms with Crippen molar-refractivity contribution in [2.45, 2.75) is 75.4 Å². The highest BCUT2D eigenvalue weighted by Crippen LogP contribution is 2.49. The van der Waals surface area contributed by atoms with Gasteiger partial charge < -0.3 is 14.9 Å². The fraction of sp³-hybridized carbons (Fsp3) is 0.615. The molecule has 0 amide bonds. The smallest absolute Gasteiger partial charge is 0.305 e. The average Bonchev–Trinajstić information content (AvgIpc) is 3.38. The van der Waals surface area contributed by atoms with Gasteiger partial charge in [0.05, 0.1) is 31.3 Å². The first-order chi connectivity index (χ1) is 15.5. The van der Waals surface area contributed by atoms with Gasteiger partial charge in [-0.15, -0.1) is 11.3 Å². The molecule has 6 heteroatoms. The van der Waals surface area contributed by atoms with E-state index in [1.54, 1.807) is 11.3 Å². The summed E-state index contributed by atoms with van der Waals surface area (Å²) in [6.07, 6.45) is 14.1. The third-order valence-corrected chi connectivity index (χ3v) is 8.37. The first kappa shape index (κ1) is 24.7. The average molecular weight is 458 g/mol. The van der Waals surface area contributed by atoms with Crippen LogP contribution in [0.4, 0.5) is 0 Å². The van der Waals surface area contributed by atoms with E-state index in [0.717, 1.165) is 38.5 Å². The normalized spacial score (nSPS) is 27.9. The summed E-state index contributed by atoms with van der Waals surface area (Å²) < 4.78 is 4.65. The second-order valence-electron chi connectivity index (χ2n) is 9.12. The molecule has 0 bridgehead atoms. The lowest BCUT2D eigenvalue weighted by atomic mass is 9.63. The SMILES string of the molecule is COC(=O)CCC/C=C\CC1C(C#N)C[C@@H](O)C1/C=C/CC(O)C1(c2cccs2)CCC1. The Bertz CT molecular complexity index is 821. The van der Waals surface area contributed by atoms with E-state index in [4.69, 9.17) is 0 Å². The molecule has 5 atom stereocenters. The summed E-state index contributed by atoms with van der Waals surface area (Å²) in [4.78, 5) is 12.4. The molecule has 2 aliphatic carbocycles. The van der Waals surface area contributed by atoms with E-state index in [9.17, 15) is 20.3 Å². The summed E-state index contributed by atoms with van der Waals surface area (Å²) in [5, 5.41) is 33.2. The highest BCUT2D eigenvalue weighted by molar-refractivity contribution is 7.10. The van der Waals surface area contributed by atoms with E-state index in [-0.39, 0.29) is 29.1 Å². The summed E-state index contributed by atoms with van der Waals surface area (Å²) >= 11 is 1.72. The minimum atomic E-state index is -0.527. The van der Waals surface area contributed by atoms with E-state index in [2.05, 4.69) is 28.3 Å². The van der Waals surface area contributed by atoms with Crippen LogP contribution in [0, 0.1) is 29.1 Å². The molecular weight excluding hydrogens is 422 g/mol. The third-order valence-electron chi connectivity index (χ3n) is 7.28. The monoisotopic (exact) mass is 457 g/mol. The van der Waals surface area contributed by atoms with Crippen LogP contribution in [0.25, 0.3) is 0 Å². The number of unbranched alkanes of at least 4 members (excludes halogenated alkanes) is 1. The van der Waals surface area contributed by atoms with Crippen molar-refractivity contribution in [1.82, 2.24) is 0 Å². The van der Waals surface area contributed by atoms with Crippen LogP contribution in [-0.4, -0.2) is 35.5 Å². The van der Waals surface area contributed by atoms with Gasteiger partial charge in [0.1, 0.15) is 0 Å². The van der Waals surface area contributed by atoms with Gasteiger partial charge in [0, 0.05) is 22.6 Å². The molecule has 2 aliphatic rings. The van der Waals surface area contributed by atoms with Gasteiger partial charge in [0.25, 0.3) is 0 Å². The Kier molecular flexibility index (Phi) is 9.10. The molecule has 2 saturated carbocycles. The topological polar surface area (TPSA) is 90.6 Å². The standard InChI is InChI=1S/C26H35NO4S/c1-31-25(30)13-5-3-2-4-9-20-19(18-27)17-22(28)21(20)10-6-11-23(29)26(14-8-15-26)24-12-7-16-32-24/h2,4,6-7,10,12,16,19-23,28-29H,3,5,8-9,11,13-15,17H2,1H3/b4-2-,10-6+/t19?,20?,21?,22-,23?/m1/s1. The zero-order valence-corrected chi connectivity index (χ0v) is 19.7. The molecule has 1 heterocycles. The van der Waals surface area contributed by atoms with E-state index >= 15 is 0 Å². The summed E-state index contributed by atoms with van der Waals surface area (Å²) in [7, 11) is 1.40. The molecule has 0 aliphatic heterocycles. The van der Waals surface area contributed by atoms with Crippen molar-refractivity contribution in [2.24, 2.45) is 17.8 Å². The van der Waals surface area contributed by atoms with Crippen molar-refractivity contribution in [3.63, 3.8) is 0 Å². The molecule has 3 rings (SSSR count). The highest BCUT2D eigenvalue weighted by Gasteiger charge is 2.45. The van der Waals surface area contributed by atoms with Crippen LogP contribution in [0.1, 0.15) is 62.7 Å². The van der Waals surface area contributed by atoms with E-state index in [1.807, 2.05) is 24.3 Å². The number of aliphatic hydroxyl groups excluding tert-OH is 2. The van der Waals surface area contributed by atoms with Crippen LogP contribution in [0.15, 0.2) is 41.8 Å². The first-order valence-electron chi connectivity index (χ1n) is 11.7. The van der Waals surface area contributed by atoms with Crippen molar-refractivity contribution < 1.29 is 19.7 Å². The van der Waals surface area contributed by atoms with Gasteiger partial charge in [-0.25, -0.2) is 0 Å². The zero-order valence-electron chi connectivity index (χ0n) is 18.9. The van der Waals surface area contributed by atoms with Crippen molar-refractivity contribution in [3.8, 4) is 6.07 Å². The maximum atomic E-state index is 11.2. The van der Waals surface area contributed by atoms with Crippen LogP contribution in [-0.2, 0) is 14.9 Å². The number of esters is 1. The minimum Gasteiger partial charge on any atom is -0.469 e. The Balaban J connectivity index is 1.55. The summed E-state index contributed by atoms with van der Waals surface area (Å²) in [5.74, 6) is -0.383. The number of carbonyl (C=O) groups excluding carboxylic acids is 1. The van der Waals surface area contributed by atoms with Gasteiger partial charge in [0.15, 0.2) is 0 Å². The van der Waals surface area contributed by atoms with Gasteiger partial charge in [-0.3, -0.25) is 4.79 Å². The van der Waals surface area contributed by atoms with Crippen LogP contribution in [0.2, 0.25) is 0 Å². The van der Waals surface area contributed by atoms with Crippen molar-refractivity contribution in [3.05, 3.63) is 46.7 Å². The molecule has 0 aromatic carbocycles. The number of methoxy groups -OCH3 is 1. The number of ether oxygens (including phenoxy) is 1. The number of hydrogen-bond acceptors (Lipinski definition) is 6. The molecule has 1 aromatic heterocycles. The Hall–Kier alpha value is -1.94. The van der Waals surface area contributed by atoms with Crippen LogP contribution < -0.4 is 0 Å². The predicted molar refractivity (Wildman–Crippen MR) is 126 cm³/mol. The highest BCUT2D eigenvalue weighted by atomic mass is 32.1. The number of carbonyl (C=O) groups is 1. The third kappa shape index (κ3) is 5.70. The minimum absolute atomic E-state index is 0.0650. The predicted octanol–water partition coefficient (Wildman–Crippen LogP) is 4.90. The second-order valence-corrected chi connectivity index (χ2v) is 10.1. The van der Waals surface area contributed by atoms with Crippen molar-refractivity contribution in [2.75, 3.05) is 7.11 Å². The molecule has 0 radical (unpaired) electrons. The molecule has 1 aromatic rings. The van der Waals surface area contributed by atoms with Gasteiger partial charge >= 0.3 is 5.97 Å². The molecule has 0 saturated heterocycles. The lowest BCUT2D eigenvalue weighted by Gasteiger charge is -2.45. The van der Waals surface area contributed by atoms with Crippen molar-refractivity contribution in [1.29, 1.82) is 5.26 Å². The van der Waals surface area contributed by atoms with Gasteiger partial charge in [-0.2, -0.15) is 5.26 Å². The molecule has 5 nitrogen and oxygen atoms in total. The maximum absolute atomic E-state index is 11.2. The molecule has 2 N–H and O–H groups in total. The largest absolute Gasteiger partial charge is 0.469 e. The summed E-state index contributed by atoms with van der Waals surface area (Å²) in [6, 6.07) is 6.55. The molecular formula is C26H35NO4S. The fourth-order valence-corrected chi connectivity index (χ4v) is 6.21. The Morgan fingerprint density at radius 2 is 2.22 bits per heavy atom. The lowest BCUT2D eigenvalue weighted by molar-refractivity contribution is -0.140. The first-order valence-corrected chi connectivity index (χ1v) is 12.6. The Labute approximate surface area is 195 Å². The number of allylic oxidation sites excluding steroid dienone is 2. The van der Waals surface area contributed by atoms with Crippen LogP contribution in [0.3, 0.4) is 0 Å². The van der Waals surface area contributed by atoms with Gasteiger partial charge in [-0.1, -0.05) is 36.8 Å². The van der Waals surface area contributed by atoms with Gasteiger partial charge in [0.2, 0.25) is 0 Å². The second kappa shape index (κ2) is 11.8. The Morgan fingerprint density at radius 3 is 2.84 bits per heavy atom. The number of aliphatic hydroxyl groups is 2. The van der Waals surface area contributed by atoms with E-state index in [1.165, 1.54) is 12.0 Å². The lowest BCUT2D eigenvalue weighted by Crippen LogP contribution is -2.44.